The summed E-state index contributed by atoms with van der Waals surface area (Å²) in [5.74, 6) is 0. The van der Waals surface area contributed by atoms with Crippen molar-refractivity contribution in [2.24, 2.45) is 0 Å². The first-order valence-corrected chi connectivity index (χ1v) is 10.1. The second kappa shape index (κ2) is 9.65. The van der Waals surface area contributed by atoms with Gasteiger partial charge in [-0.05, 0) is 47.0 Å². The molecule has 3 atom stereocenters. The molecule has 0 aliphatic carbocycles. The van der Waals surface area contributed by atoms with E-state index in [-0.39, 0.29) is 18.3 Å². The van der Waals surface area contributed by atoms with Gasteiger partial charge in [-0.15, -0.1) is 11.6 Å². The molecule has 0 saturated carbocycles. The molecule has 0 aliphatic rings. The van der Waals surface area contributed by atoms with Gasteiger partial charge in [0.25, 0.3) is 0 Å². The van der Waals surface area contributed by atoms with E-state index in [1.54, 1.807) is 0 Å². The zero-order chi connectivity index (χ0) is 16.7. The maximum Gasteiger partial charge on any atom is 0.669 e. The van der Waals surface area contributed by atoms with Gasteiger partial charge in [0.05, 0.1) is 11.0 Å². The third-order valence-electron chi connectivity index (χ3n) is 3.39. The highest BCUT2D eigenvalue weighted by Crippen LogP contribution is 2.29. The third-order valence-corrected chi connectivity index (χ3v) is 6.59. The lowest BCUT2D eigenvalue weighted by Crippen LogP contribution is -2.56. The maximum atomic E-state index is 6.42. The molecule has 0 aromatic heterocycles. The molecular formula is C14H30ClO4Si2. The molecule has 0 aromatic carbocycles. The van der Waals surface area contributed by atoms with E-state index in [0.29, 0.717) is 0 Å². The zero-order valence-electron chi connectivity index (χ0n) is 14.4. The molecule has 0 bridgehead atoms. The van der Waals surface area contributed by atoms with Crippen LogP contribution in [0.15, 0.2) is 0 Å². The Balaban J connectivity index is 5.24. The topological polar surface area (TPSA) is 36.9 Å². The molecule has 0 aliphatic heterocycles. The summed E-state index contributed by atoms with van der Waals surface area (Å²) >= 11 is 6.42. The lowest BCUT2D eigenvalue weighted by molar-refractivity contribution is -0.0655. The molecule has 125 valence electrons. The van der Waals surface area contributed by atoms with Crippen LogP contribution in [0.1, 0.15) is 67.7 Å². The zero-order valence-corrected chi connectivity index (χ0v) is 17.1. The van der Waals surface area contributed by atoms with Crippen LogP contribution in [-0.2, 0) is 17.4 Å². The molecule has 0 N–H and O–H groups in total. The number of alkyl halides is 1. The monoisotopic (exact) mass is 353 g/mol. The molecule has 7 heteroatoms. The molecule has 0 spiro atoms. The van der Waals surface area contributed by atoms with Crippen molar-refractivity contribution in [1.82, 2.24) is 0 Å². The Morgan fingerprint density at radius 1 is 0.952 bits per heavy atom. The first-order chi connectivity index (χ1) is 9.64. The van der Waals surface area contributed by atoms with Crippen molar-refractivity contribution in [3.63, 3.8) is 0 Å². The molecule has 0 rings (SSSR count). The van der Waals surface area contributed by atoms with Crippen LogP contribution < -0.4 is 0 Å². The fraction of sp³-hybridized carbons (Fsp3) is 1.00. The summed E-state index contributed by atoms with van der Waals surface area (Å²) in [7, 11) is -0.191. The normalized spacial score (nSPS) is 19.9. The SMILES string of the molecule is CCC(C)O[Si](O[Si])(OC(C)CC)OC(CC)C(C)(C)Cl. The molecule has 0 amide bonds. The van der Waals surface area contributed by atoms with Gasteiger partial charge in [0.1, 0.15) is 0 Å². The van der Waals surface area contributed by atoms with Gasteiger partial charge in [0.15, 0.2) is 0 Å². The van der Waals surface area contributed by atoms with E-state index < -0.39 is 13.9 Å². The van der Waals surface area contributed by atoms with Gasteiger partial charge >= 0.3 is 9.05 Å². The van der Waals surface area contributed by atoms with E-state index in [0.717, 1.165) is 19.3 Å². The van der Waals surface area contributed by atoms with Crippen molar-refractivity contribution < 1.29 is 17.4 Å². The lowest BCUT2D eigenvalue weighted by atomic mass is 10.0. The summed E-state index contributed by atoms with van der Waals surface area (Å²) in [4.78, 5) is -0.532. The summed E-state index contributed by atoms with van der Waals surface area (Å²) in [6, 6.07) is 0. The smallest absolute Gasteiger partial charge is 0.394 e. The molecular weight excluding hydrogens is 324 g/mol. The van der Waals surface area contributed by atoms with Crippen LogP contribution >= 0.6 is 11.6 Å². The minimum absolute atomic E-state index is 0.0204. The molecule has 3 radical (unpaired) electrons. The van der Waals surface area contributed by atoms with E-state index in [4.69, 9.17) is 29.0 Å². The van der Waals surface area contributed by atoms with E-state index in [1.165, 1.54) is 0 Å². The van der Waals surface area contributed by atoms with Crippen molar-refractivity contribution in [1.29, 1.82) is 0 Å². The van der Waals surface area contributed by atoms with Gasteiger partial charge in [-0.1, -0.05) is 20.8 Å². The predicted molar refractivity (Wildman–Crippen MR) is 89.4 cm³/mol. The van der Waals surface area contributed by atoms with Crippen LogP contribution in [0.25, 0.3) is 0 Å². The fourth-order valence-corrected chi connectivity index (χ4v) is 4.84. The van der Waals surface area contributed by atoms with Crippen LogP contribution in [-0.4, -0.2) is 42.7 Å². The summed E-state index contributed by atoms with van der Waals surface area (Å²) in [5.41, 5.74) is 0. The second-order valence-corrected chi connectivity index (χ2v) is 9.35. The van der Waals surface area contributed by atoms with Gasteiger partial charge in [0, 0.05) is 12.2 Å². The molecule has 0 aromatic rings. The molecule has 21 heavy (non-hydrogen) atoms. The largest absolute Gasteiger partial charge is 0.669 e. The quantitative estimate of drug-likeness (QED) is 0.416. The van der Waals surface area contributed by atoms with Crippen molar-refractivity contribution in [2.75, 3.05) is 0 Å². The average molecular weight is 354 g/mol. The predicted octanol–water partition coefficient (Wildman–Crippen LogP) is 3.96. The van der Waals surface area contributed by atoms with E-state index >= 15 is 0 Å². The first-order valence-electron chi connectivity index (χ1n) is 7.71. The molecule has 0 saturated heterocycles. The second-order valence-electron chi connectivity index (χ2n) is 5.85. The van der Waals surface area contributed by atoms with Crippen molar-refractivity contribution in [3.05, 3.63) is 0 Å². The van der Waals surface area contributed by atoms with Crippen LogP contribution in [0.5, 0.6) is 0 Å². The average Bonchev–Trinajstić information content (AvgIpc) is 2.42. The third kappa shape index (κ3) is 7.59. The van der Waals surface area contributed by atoms with Crippen LogP contribution in [0.2, 0.25) is 0 Å². The highest BCUT2D eigenvalue weighted by Gasteiger charge is 2.50. The summed E-state index contributed by atoms with van der Waals surface area (Å²) in [6.07, 6.45) is 2.17. The van der Waals surface area contributed by atoms with E-state index in [2.05, 4.69) is 10.5 Å². The first kappa shape index (κ1) is 21.6. The van der Waals surface area contributed by atoms with Gasteiger partial charge in [-0.3, -0.25) is 0 Å². The molecule has 0 fully saturated rings. The molecule has 3 unspecified atom stereocenters. The van der Waals surface area contributed by atoms with Gasteiger partial charge in [-0.25, -0.2) is 0 Å². The van der Waals surface area contributed by atoms with E-state index in [1.807, 2.05) is 48.5 Å². The Morgan fingerprint density at radius 3 is 1.62 bits per heavy atom. The Kier molecular flexibility index (Phi) is 9.91. The summed E-state index contributed by atoms with van der Waals surface area (Å²) in [6.45, 7) is 13.9. The Morgan fingerprint density at radius 2 is 1.38 bits per heavy atom. The van der Waals surface area contributed by atoms with Crippen molar-refractivity contribution >= 4 is 31.1 Å². The highest BCUT2D eigenvalue weighted by atomic mass is 35.5. The van der Waals surface area contributed by atoms with Gasteiger partial charge in [-0.2, -0.15) is 0 Å². The van der Waals surface area contributed by atoms with Gasteiger partial charge < -0.3 is 17.4 Å². The van der Waals surface area contributed by atoms with Crippen LogP contribution in [0, 0.1) is 0 Å². The van der Waals surface area contributed by atoms with E-state index in [9.17, 15) is 0 Å². The molecule has 4 nitrogen and oxygen atoms in total. The van der Waals surface area contributed by atoms with Crippen LogP contribution in [0.3, 0.4) is 0 Å². The Bertz CT molecular complexity index is 275. The Labute approximate surface area is 139 Å². The summed E-state index contributed by atoms with van der Waals surface area (Å²) in [5, 5.41) is 0. The summed E-state index contributed by atoms with van der Waals surface area (Å²) < 4.78 is 23.6. The minimum Gasteiger partial charge on any atom is -0.394 e. The van der Waals surface area contributed by atoms with Crippen LogP contribution in [0.4, 0.5) is 0 Å². The highest BCUT2D eigenvalue weighted by molar-refractivity contribution is 6.57. The minimum atomic E-state index is -3.30. The standard InChI is InChI=1S/C14H30ClO4Si2/c1-8-11(4)16-21(19-20,17-12(5)9-2)18-13(10-3)14(6,7)15/h11-13H,8-10H2,1-7H3. The fourth-order valence-electron chi connectivity index (χ4n) is 1.70. The number of halogens is 1. The molecule has 0 heterocycles. The maximum absolute atomic E-state index is 6.42. The van der Waals surface area contributed by atoms with Gasteiger partial charge in [0.2, 0.25) is 10.5 Å². The lowest BCUT2D eigenvalue weighted by Gasteiger charge is -2.37. The number of rotatable bonds is 11. The number of hydrogen-bond acceptors (Lipinski definition) is 4. The van der Waals surface area contributed by atoms with Crippen molar-refractivity contribution in [3.8, 4) is 0 Å². The van der Waals surface area contributed by atoms with Crippen molar-refractivity contribution in [2.45, 2.75) is 90.9 Å². The Hall–Kier alpha value is 0.564. The number of hydrogen-bond donors (Lipinski definition) is 0.